The van der Waals surface area contributed by atoms with Crippen molar-refractivity contribution in [2.24, 2.45) is 4.99 Å². The molecule has 26 heavy (non-hydrogen) atoms. The van der Waals surface area contributed by atoms with Crippen LogP contribution in [0, 0.1) is 6.92 Å². The number of aryl methyl sites for hydroxylation is 1. The van der Waals surface area contributed by atoms with Gasteiger partial charge in [0.05, 0.1) is 6.54 Å². The van der Waals surface area contributed by atoms with Gasteiger partial charge in [-0.3, -0.25) is 9.79 Å². The number of aliphatic imine (C=N–C) groups is 1. The van der Waals surface area contributed by atoms with Gasteiger partial charge in [-0.15, -0.1) is 0 Å². The lowest BCUT2D eigenvalue weighted by molar-refractivity contribution is 0.322. The maximum absolute atomic E-state index is 11.8. The first-order valence-electron chi connectivity index (χ1n) is 8.99. The molecular formula is C20H28N4O2. The van der Waals surface area contributed by atoms with E-state index in [1.165, 1.54) is 0 Å². The van der Waals surface area contributed by atoms with Crippen molar-refractivity contribution < 1.29 is 4.74 Å². The minimum absolute atomic E-state index is 0.0638. The molecular weight excluding hydrogens is 328 g/mol. The zero-order valence-corrected chi connectivity index (χ0v) is 15.6. The first kappa shape index (κ1) is 19.6. The van der Waals surface area contributed by atoms with Crippen molar-refractivity contribution in [3.05, 3.63) is 64.6 Å². The van der Waals surface area contributed by atoms with Crippen LogP contribution in [0.2, 0.25) is 0 Å². The van der Waals surface area contributed by atoms with Crippen molar-refractivity contribution in [3.8, 4) is 5.75 Å². The van der Waals surface area contributed by atoms with Gasteiger partial charge >= 0.3 is 0 Å². The Morgan fingerprint density at radius 2 is 1.81 bits per heavy atom. The van der Waals surface area contributed by atoms with Crippen LogP contribution in [-0.4, -0.2) is 37.3 Å². The van der Waals surface area contributed by atoms with Gasteiger partial charge in [0.1, 0.15) is 12.4 Å². The molecule has 140 valence electrons. The monoisotopic (exact) mass is 356 g/mol. The number of benzene rings is 1. The highest BCUT2D eigenvalue weighted by atomic mass is 16.5. The van der Waals surface area contributed by atoms with E-state index in [4.69, 9.17) is 4.74 Å². The van der Waals surface area contributed by atoms with E-state index in [0.29, 0.717) is 13.2 Å². The normalized spacial score (nSPS) is 11.2. The minimum Gasteiger partial charge on any atom is -0.492 e. The van der Waals surface area contributed by atoms with Crippen LogP contribution in [0.3, 0.4) is 0 Å². The average molecular weight is 356 g/mol. The SMILES string of the molecule is CN=C(NCCCCn1c(C)cccc1=O)NCCOc1ccccc1. The van der Waals surface area contributed by atoms with Gasteiger partial charge in [-0.25, -0.2) is 0 Å². The molecule has 0 amide bonds. The van der Waals surface area contributed by atoms with E-state index in [1.807, 2.05) is 47.9 Å². The van der Waals surface area contributed by atoms with E-state index in [1.54, 1.807) is 19.2 Å². The van der Waals surface area contributed by atoms with Crippen LogP contribution in [0.5, 0.6) is 5.75 Å². The zero-order valence-electron chi connectivity index (χ0n) is 15.6. The Morgan fingerprint density at radius 3 is 2.54 bits per heavy atom. The van der Waals surface area contributed by atoms with Gasteiger partial charge in [-0.1, -0.05) is 24.3 Å². The van der Waals surface area contributed by atoms with E-state index < -0.39 is 0 Å². The maximum Gasteiger partial charge on any atom is 0.250 e. The molecule has 2 aromatic rings. The minimum atomic E-state index is 0.0638. The quantitative estimate of drug-likeness (QED) is 0.411. The summed E-state index contributed by atoms with van der Waals surface area (Å²) in [7, 11) is 1.75. The number of para-hydroxylation sites is 1. The van der Waals surface area contributed by atoms with Crippen LogP contribution in [0.25, 0.3) is 0 Å². The van der Waals surface area contributed by atoms with Crippen LogP contribution in [0.4, 0.5) is 0 Å². The maximum atomic E-state index is 11.8. The van der Waals surface area contributed by atoms with Crippen molar-refractivity contribution >= 4 is 5.96 Å². The smallest absolute Gasteiger partial charge is 0.250 e. The number of ether oxygens (including phenoxy) is 1. The fourth-order valence-corrected chi connectivity index (χ4v) is 2.59. The number of nitrogens with one attached hydrogen (secondary N) is 2. The predicted octanol–water partition coefficient (Wildman–Crippen LogP) is 2.18. The van der Waals surface area contributed by atoms with Crippen molar-refractivity contribution in [2.45, 2.75) is 26.3 Å². The van der Waals surface area contributed by atoms with Crippen LogP contribution in [-0.2, 0) is 6.54 Å². The molecule has 0 fully saturated rings. The zero-order chi connectivity index (χ0) is 18.6. The van der Waals surface area contributed by atoms with Gasteiger partial charge in [0, 0.05) is 31.9 Å². The number of pyridine rings is 1. The Balaban J connectivity index is 1.59. The average Bonchev–Trinajstić information content (AvgIpc) is 2.66. The fraction of sp³-hybridized carbons (Fsp3) is 0.400. The number of hydrogen-bond acceptors (Lipinski definition) is 3. The predicted molar refractivity (Wildman–Crippen MR) is 106 cm³/mol. The highest BCUT2D eigenvalue weighted by molar-refractivity contribution is 5.79. The summed E-state index contributed by atoms with van der Waals surface area (Å²) in [5, 5.41) is 6.50. The van der Waals surface area contributed by atoms with Gasteiger partial charge in [0.15, 0.2) is 5.96 Å². The van der Waals surface area contributed by atoms with Crippen molar-refractivity contribution in [1.29, 1.82) is 0 Å². The van der Waals surface area contributed by atoms with Gasteiger partial charge in [-0.05, 0) is 38.0 Å². The number of unbranched alkanes of at least 4 members (excludes halogenated alkanes) is 1. The number of hydrogen-bond donors (Lipinski definition) is 2. The van der Waals surface area contributed by atoms with Crippen molar-refractivity contribution in [1.82, 2.24) is 15.2 Å². The second kappa shape index (κ2) is 11.0. The Kier molecular flexibility index (Phi) is 8.26. The summed E-state index contributed by atoms with van der Waals surface area (Å²) in [5.74, 6) is 1.62. The topological polar surface area (TPSA) is 67.7 Å². The molecule has 0 saturated carbocycles. The highest BCUT2D eigenvalue weighted by Crippen LogP contribution is 2.07. The second-order valence-corrected chi connectivity index (χ2v) is 5.95. The van der Waals surface area contributed by atoms with Crippen LogP contribution < -0.4 is 20.9 Å². The second-order valence-electron chi connectivity index (χ2n) is 5.95. The Hall–Kier alpha value is -2.76. The third-order valence-electron chi connectivity index (χ3n) is 4.00. The third kappa shape index (κ3) is 6.63. The molecule has 1 aromatic heterocycles. The summed E-state index contributed by atoms with van der Waals surface area (Å²) in [6.45, 7) is 4.75. The van der Waals surface area contributed by atoms with Crippen molar-refractivity contribution in [2.75, 3.05) is 26.7 Å². The molecule has 1 aromatic carbocycles. The van der Waals surface area contributed by atoms with E-state index >= 15 is 0 Å². The standard InChI is InChI=1S/C20H28N4O2/c1-17-9-8-12-19(25)24(17)15-7-6-13-22-20(21-2)23-14-16-26-18-10-4-3-5-11-18/h3-5,8-12H,6-7,13-16H2,1-2H3,(H2,21,22,23). The third-order valence-corrected chi connectivity index (χ3v) is 4.00. The molecule has 2 rings (SSSR count). The molecule has 0 aliphatic carbocycles. The van der Waals surface area contributed by atoms with Crippen LogP contribution in [0.15, 0.2) is 58.3 Å². The van der Waals surface area contributed by atoms with E-state index in [2.05, 4.69) is 15.6 Å². The molecule has 0 radical (unpaired) electrons. The lowest BCUT2D eigenvalue weighted by atomic mass is 10.3. The van der Waals surface area contributed by atoms with Crippen LogP contribution >= 0.6 is 0 Å². The molecule has 0 atom stereocenters. The summed E-state index contributed by atoms with van der Waals surface area (Å²) in [6.07, 6.45) is 1.90. The number of guanidine groups is 1. The molecule has 0 bridgehead atoms. The first-order valence-corrected chi connectivity index (χ1v) is 8.99. The van der Waals surface area contributed by atoms with Gasteiger partial charge < -0.3 is 19.9 Å². The Morgan fingerprint density at radius 1 is 1.04 bits per heavy atom. The summed E-state index contributed by atoms with van der Waals surface area (Å²) in [6, 6.07) is 15.1. The van der Waals surface area contributed by atoms with Gasteiger partial charge in [0.25, 0.3) is 5.56 Å². The molecule has 6 nitrogen and oxygen atoms in total. The first-order chi connectivity index (χ1) is 12.7. The lowest BCUT2D eigenvalue weighted by Crippen LogP contribution is -2.39. The van der Waals surface area contributed by atoms with Crippen LogP contribution in [0.1, 0.15) is 18.5 Å². The summed E-state index contributed by atoms with van der Waals surface area (Å²) in [4.78, 5) is 16.0. The molecule has 0 aliphatic rings. The number of rotatable bonds is 9. The summed E-state index contributed by atoms with van der Waals surface area (Å²) in [5.41, 5.74) is 1.07. The molecule has 0 unspecified atom stereocenters. The van der Waals surface area contributed by atoms with Gasteiger partial charge in [-0.2, -0.15) is 0 Å². The lowest BCUT2D eigenvalue weighted by Gasteiger charge is -2.13. The number of nitrogens with zero attached hydrogens (tertiary/aromatic N) is 2. The highest BCUT2D eigenvalue weighted by Gasteiger charge is 2.00. The van der Waals surface area contributed by atoms with Gasteiger partial charge in [0.2, 0.25) is 0 Å². The molecule has 0 aliphatic heterocycles. The van der Waals surface area contributed by atoms with E-state index in [-0.39, 0.29) is 5.56 Å². The largest absolute Gasteiger partial charge is 0.492 e. The molecule has 6 heteroatoms. The number of aromatic nitrogens is 1. The van der Waals surface area contributed by atoms with E-state index in [9.17, 15) is 4.79 Å². The molecule has 1 heterocycles. The Bertz CT molecular complexity index is 741. The fourth-order valence-electron chi connectivity index (χ4n) is 2.59. The Labute approximate surface area is 154 Å². The summed E-state index contributed by atoms with van der Waals surface area (Å²) < 4.78 is 7.45. The molecule has 2 N–H and O–H groups in total. The molecule has 0 spiro atoms. The van der Waals surface area contributed by atoms with E-state index in [0.717, 1.165) is 43.3 Å². The van der Waals surface area contributed by atoms with Crippen molar-refractivity contribution in [3.63, 3.8) is 0 Å². The molecule has 0 saturated heterocycles. The summed E-state index contributed by atoms with van der Waals surface area (Å²) >= 11 is 0.